The molecule has 1 aliphatic carbocycles. The van der Waals surface area contributed by atoms with Crippen LogP contribution in [-0.2, 0) is 0 Å². The number of aryl methyl sites for hydroxylation is 1. The normalized spacial score (nSPS) is 14.6. The lowest BCUT2D eigenvalue weighted by atomic mass is 10.2. The molecule has 2 nitrogen and oxygen atoms in total. The van der Waals surface area contributed by atoms with E-state index in [0.29, 0.717) is 17.1 Å². The molecule has 0 N–H and O–H groups in total. The zero-order chi connectivity index (χ0) is 12.6. The molecule has 17 heavy (non-hydrogen) atoms. The van der Waals surface area contributed by atoms with Gasteiger partial charge in [0, 0.05) is 6.04 Å². The second kappa shape index (κ2) is 4.65. The van der Waals surface area contributed by atoms with Crippen molar-refractivity contribution in [2.45, 2.75) is 39.7 Å². The number of nitrogens with zero attached hydrogens (tertiary/aromatic N) is 2. The largest absolute Gasteiger partial charge is 0.325 e. The standard InChI is InChI=1S/C11H10ClFN2.C2H6/c1-6-4-8-11(10(13)9(6)12)15(5-14-8)7-2-3-7;1-2/h4-5,7H,2-3H2,1H3;1-2H3. The summed E-state index contributed by atoms with van der Waals surface area (Å²) < 4.78 is 15.8. The minimum absolute atomic E-state index is 0.213. The summed E-state index contributed by atoms with van der Waals surface area (Å²) in [6.07, 6.45) is 3.92. The van der Waals surface area contributed by atoms with Crippen molar-refractivity contribution < 1.29 is 4.39 Å². The van der Waals surface area contributed by atoms with E-state index in [2.05, 4.69) is 4.98 Å². The van der Waals surface area contributed by atoms with E-state index in [9.17, 15) is 4.39 Å². The Bertz CT molecular complexity index is 544. The zero-order valence-electron chi connectivity index (χ0n) is 10.3. The van der Waals surface area contributed by atoms with Crippen LogP contribution in [0.1, 0.15) is 38.3 Å². The molecule has 0 amide bonds. The maximum absolute atomic E-state index is 13.9. The molecule has 0 unspecified atom stereocenters. The monoisotopic (exact) mass is 254 g/mol. The van der Waals surface area contributed by atoms with E-state index in [4.69, 9.17) is 11.6 Å². The lowest BCUT2D eigenvalue weighted by Crippen LogP contribution is -1.95. The summed E-state index contributed by atoms with van der Waals surface area (Å²) in [5.41, 5.74) is 1.98. The molecule has 0 spiro atoms. The van der Waals surface area contributed by atoms with Crippen LogP contribution in [0.5, 0.6) is 0 Å². The highest BCUT2D eigenvalue weighted by molar-refractivity contribution is 6.32. The van der Waals surface area contributed by atoms with Crippen LogP contribution in [0.4, 0.5) is 4.39 Å². The summed E-state index contributed by atoms with van der Waals surface area (Å²) in [6.45, 7) is 5.79. The predicted molar refractivity (Wildman–Crippen MR) is 69.1 cm³/mol. The number of hydrogen-bond donors (Lipinski definition) is 0. The summed E-state index contributed by atoms with van der Waals surface area (Å²) in [7, 11) is 0. The van der Waals surface area contributed by atoms with Gasteiger partial charge in [-0.1, -0.05) is 25.4 Å². The van der Waals surface area contributed by atoms with Crippen LogP contribution in [0.2, 0.25) is 5.02 Å². The van der Waals surface area contributed by atoms with Gasteiger partial charge in [-0.25, -0.2) is 9.37 Å². The van der Waals surface area contributed by atoms with Gasteiger partial charge in [0.15, 0.2) is 5.82 Å². The highest BCUT2D eigenvalue weighted by Crippen LogP contribution is 2.39. The van der Waals surface area contributed by atoms with Crippen molar-refractivity contribution in [3.8, 4) is 0 Å². The van der Waals surface area contributed by atoms with Crippen LogP contribution in [0.3, 0.4) is 0 Å². The SMILES string of the molecule is CC.Cc1cc2ncn(C3CC3)c2c(F)c1Cl. The minimum Gasteiger partial charge on any atom is -0.325 e. The van der Waals surface area contributed by atoms with Gasteiger partial charge in [-0.05, 0) is 31.4 Å². The van der Waals surface area contributed by atoms with Gasteiger partial charge in [0.2, 0.25) is 0 Å². The third-order valence-corrected chi connectivity index (χ3v) is 3.33. The van der Waals surface area contributed by atoms with Crippen molar-refractivity contribution in [3.63, 3.8) is 0 Å². The van der Waals surface area contributed by atoms with Crippen LogP contribution in [0, 0.1) is 12.7 Å². The van der Waals surface area contributed by atoms with Gasteiger partial charge in [0.05, 0.1) is 16.9 Å². The van der Waals surface area contributed by atoms with Crippen LogP contribution in [-0.4, -0.2) is 9.55 Å². The Morgan fingerprint density at radius 1 is 1.41 bits per heavy atom. The lowest BCUT2D eigenvalue weighted by Gasteiger charge is -2.05. The second-order valence-electron chi connectivity index (χ2n) is 4.07. The van der Waals surface area contributed by atoms with E-state index < -0.39 is 0 Å². The van der Waals surface area contributed by atoms with Gasteiger partial charge < -0.3 is 4.57 Å². The fourth-order valence-electron chi connectivity index (χ4n) is 1.88. The summed E-state index contributed by atoms with van der Waals surface area (Å²) in [6, 6.07) is 2.25. The van der Waals surface area contributed by atoms with E-state index in [1.807, 2.05) is 24.5 Å². The summed E-state index contributed by atoms with van der Waals surface area (Å²) >= 11 is 5.89. The third kappa shape index (κ3) is 2.04. The van der Waals surface area contributed by atoms with Crippen molar-refractivity contribution in [3.05, 3.63) is 28.8 Å². The van der Waals surface area contributed by atoms with Crippen LogP contribution < -0.4 is 0 Å². The molecule has 0 atom stereocenters. The molecule has 1 heterocycles. The van der Waals surface area contributed by atoms with E-state index >= 15 is 0 Å². The highest BCUT2D eigenvalue weighted by Gasteiger charge is 2.27. The van der Waals surface area contributed by atoms with Crippen molar-refractivity contribution in [1.82, 2.24) is 9.55 Å². The van der Waals surface area contributed by atoms with Crippen molar-refractivity contribution >= 4 is 22.6 Å². The van der Waals surface area contributed by atoms with Crippen molar-refractivity contribution in [2.75, 3.05) is 0 Å². The molecule has 0 aliphatic heterocycles. The molecule has 4 heteroatoms. The average molecular weight is 255 g/mol. The molecule has 0 saturated heterocycles. The zero-order valence-corrected chi connectivity index (χ0v) is 11.1. The van der Waals surface area contributed by atoms with E-state index in [1.54, 1.807) is 13.3 Å². The molecule has 1 aromatic carbocycles. The van der Waals surface area contributed by atoms with Gasteiger partial charge in [0.25, 0.3) is 0 Å². The van der Waals surface area contributed by atoms with E-state index in [1.165, 1.54) is 0 Å². The Kier molecular flexibility index (Phi) is 3.38. The molecule has 1 aliphatic rings. The smallest absolute Gasteiger partial charge is 0.167 e. The molecule has 1 fully saturated rings. The van der Waals surface area contributed by atoms with Crippen LogP contribution >= 0.6 is 11.6 Å². The minimum atomic E-state index is -0.337. The molecule has 92 valence electrons. The molecule has 0 radical (unpaired) electrons. The maximum Gasteiger partial charge on any atom is 0.167 e. The Morgan fingerprint density at radius 3 is 2.65 bits per heavy atom. The predicted octanol–water partition coefficient (Wildman–Crippen LogP) is 4.50. The Hall–Kier alpha value is -1.09. The number of benzene rings is 1. The molecule has 0 bridgehead atoms. The van der Waals surface area contributed by atoms with Crippen LogP contribution in [0.15, 0.2) is 12.4 Å². The number of rotatable bonds is 1. The molecule has 3 rings (SSSR count). The number of hydrogen-bond acceptors (Lipinski definition) is 1. The fourth-order valence-corrected chi connectivity index (χ4v) is 2.03. The van der Waals surface area contributed by atoms with Gasteiger partial charge >= 0.3 is 0 Å². The third-order valence-electron chi connectivity index (χ3n) is 2.86. The fraction of sp³-hybridized carbons (Fsp3) is 0.462. The van der Waals surface area contributed by atoms with Crippen molar-refractivity contribution in [1.29, 1.82) is 0 Å². The maximum atomic E-state index is 13.9. The van der Waals surface area contributed by atoms with Gasteiger partial charge in [0.1, 0.15) is 5.52 Å². The van der Waals surface area contributed by atoms with Gasteiger partial charge in [-0.2, -0.15) is 0 Å². The van der Waals surface area contributed by atoms with Gasteiger partial charge in [-0.3, -0.25) is 0 Å². The first-order valence-corrected chi connectivity index (χ1v) is 6.37. The Balaban J connectivity index is 0.000000514. The number of aromatic nitrogens is 2. The first-order chi connectivity index (χ1) is 8.18. The number of fused-ring (bicyclic) bond motifs is 1. The van der Waals surface area contributed by atoms with E-state index in [-0.39, 0.29) is 10.8 Å². The highest BCUT2D eigenvalue weighted by atomic mass is 35.5. The molecule has 2 aromatic rings. The van der Waals surface area contributed by atoms with Crippen molar-refractivity contribution in [2.24, 2.45) is 0 Å². The molecule has 1 aromatic heterocycles. The quantitative estimate of drug-likeness (QED) is 0.733. The summed E-state index contributed by atoms with van der Waals surface area (Å²) in [5, 5.41) is 0.213. The summed E-state index contributed by atoms with van der Waals surface area (Å²) in [4.78, 5) is 4.21. The lowest BCUT2D eigenvalue weighted by molar-refractivity contribution is 0.623. The molecular weight excluding hydrogens is 239 g/mol. The average Bonchev–Trinajstić information content (AvgIpc) is 3.10. The number of imidazole rings is 1. The molecule has 1 saturated carbocycles. The summed E-state index contributed by atoms with van der Waals surface area (Å²) in [5.74, 6) is -0.337. The first-order valence-electron chi connectivity index (χ1n) is 5.99. The Morgan fingerprint density at radius 2 is 2.06 bits per heavy atom. The topological polar surface area (TPSA) is 17.8 Å². The Labute approximate surface area is 105 Å². The van der Waals surface area contributed by atoms with Crippen LogP contribution in [0.25, 0.3) is 11.0 Å². The van der Waals surface area contributed by atoms with E-state index in [0.717, 1.165) is 18.4 Å². The van der Waals surface area contributed by atoms with Gasteiger partial charge in [-0.15, -0.1) is 0 Å². The first kappa shape index (κ1) is 12.4. The number of halogens is 2. The second-order valence-corrected chi connectivity index (χ2v) is 4.45. The molecular formula is C13H16ClFN2.